The van der Waals surface area contributed by atoms with Gasteiger partial charge < -0.3 is 10.1 Å². The van der Waals surface area contributed by atoms with Crippen LogP contribution >= 0.6 is 0 Å². The second-order valence-electron chi connectivity index (χ2n) is 3.92. The number of nitrogens with zero attached hydrogens (tertiary/aromatic N) is 2. The minimum Gasteiger partial charge on any atom is -0.378 e. The van der Waals surface area contributed by atoms with Gasteiger partial charge in [0.15, 0.2) is 0 Å². The molecule has 0 spiro atoms. The standard InChI is InChI=1S/C10H18N4O/c1-11-9(10-12-7-13-14-10)5-4-8-3-2-6-15-8/h7-9,11H,2-6H2,1H3,(H,12,13,14). The van der Waals surface area contributed by atoms with E-state index in [9.17, 15) is 0 Å². The predicted octanol–water partition coefficient (Wildman–Crippen LogP) is 1.02. The first-order valence-corrected chi connectivity index (χ1v) is 5.54. The largest absolute Gasteiger partial charge is 0.378 e. The summed E-state index contributed by atoms with van der Waals surface area (Å²) in [5.41, 5.74) is 0. The Balaban J connectivity index is 1.80. The van der Waals surface area contributed by atoms with Crippen LogP contribution in [0.1, 0.15) is 37.5 Å². The fourth-order valence-electron chi connectivity index (χ4n) is 2.03. The van der Waals surface area contributed by atoms with Crippen LogP contribution in [-0.2, 0) is 4.74 Å². The van der Waals surface area contributed by atoms with Crippen LogP contribution in [0.25, 0.3) is 0 Å². The van der Waals surface area contributed by atoms with E-state index in [1.165, 1.54) is 12.8 Å². The van der Waals surface area contributed by atoms with Crippen molar-refractivity contribution in [3.63, 3.8) is 0 Å². The molecule has 1 aliphatic rings. The molecule has 0 radical (unpaired) electrons. The monoisotopic (exact) mass is 210 g/mol. The molecule has 0 aromatic carbocycles. The second-order valence-corrected chi connectivity index (χ2v) is 3.92. The van der Waals surface area contributed by atoms with Crippen molar-refractivity contribution < 1.29 is 4.74 Å². The smallest absolute Gasteiger partial charge is 0.141 e. The van der Waals surface area contributed by atoms with Crippen molar-refractivity contribution in [2.24, 2.45) is 0 Å². The summed E-state index contributed by atoms with van der Waals surface area (Å²) >= 11 is 0. The van der Waals surface area contributed by atoms with Gasteiger partial charge in [0.2, 0.25) is 0 Å². The van der Waals surface area contributed by atoms with Gasteiger partial charge in [0.05, 0.1) is 12.1 Å². The van der Waals surface area contributed by atoms with Gasteiger partial charge in [-0.25, -0.2) is 4.98 Å². The van der Waals surface area contributed by atoms with E-state index in [1.54, 1.807) is 6.33 Å². The molecule has 0 bridgehead atoms. The number of hydrogen-bond donors (Lipinski definition) is 2. The molecule has 15 heavy (non-hydrogen) atoms. The van der Waals surface area contributed by atoms with Crippen LogP contribution in [0, 0.1) is 0 Å². The van der Waals surface area contributed by atoms with Crippen LogP contribution < -0.4 is 5.32 Å². The molecule has 84 valence electrons. The van der Waals surface area contributed by atoms with E-state index in [1.807, 2.05) is 7.05 Å². The fraction of sp³-hybridized carbons (Fsp3) is 0.800. The Hall–Kier alpha value is -0.940. The Labute approximate surface area is 89.6 Å². The minimum atomic E-state index is 0.261. The van der Waals surface area contributed by atoms with Crippen molar-refractivity contribution in [1.29, 1.82) is 0 Å². The maximum Gasteiger partial charge on any atom is 0.141 e. The molecule has 1 aromatic rings. The first-order chi connectivity index (χ1) is 7.40. The lowest BCUT2D eigenvalue weighted by Gasteiger charge is -2.15. The molecule has 2 heterocycles. The first-order valence-electron chi connectivity index (χ1n) is 5.54. The summed E-state index contributed by atoms with van der Waals surface area (Å²) in [5.74, 6) is 0.912. The molecule has 0 aliphatic carbocycles. The van der Waals surface area contributed by atoms with Gasteiger partial charge in [-0.2, -0.15) is 5.10 Å². The van der Waals surface area contributed by atoms with E-state index in [0.29, 0.717) is 6.10 Å². The lowest BCUT2D eigenvalue weighted by molar-refractivity contribution is 0.0996. The van der Waals surface area contributed by atoms with Crippen LogP contribution in [0.2, 0.25) is 0 Å². The van der Waals surface area contributed by atoms with E-state index in [2.05, 4.69) is 20.5 Å². The van der Waals surface area contributed by atoms with Crippen molar-refractivity contribution >= 4 is 0 Å². The Bertz CT molecular complexity index is 269. The van der Waals surface area contributed by atoms with Gasteiger partial charge in [0.25, 0.3) is 0 Å². The summed E-state index contributed by atoms with van der Waals surface area (Å²) in [6, 6.07) is 0.261. The van der Waals surface area contributed by atoms with Gasteiger partial charge in [-0.15, -0.1) is 0 Å². The average molecular weight is 210 g/mol. The molecule has 5 nitrogen and oxygen atoms in total. The zero-order chi connectivity index (χ0) is 10.5. The van der Waals surface area contributed by atoms with Gasteiger partial charge in [-0.1, -0.05) is 0 Å². The number of ether oxygens (including phenoxy) is 1. The highest BCUT2D eigenvalue weighted by Gasteiger charge is 2.19. The third-order valence-corrected chi connectivity index (χ3v) is 2.91. The van der Waals surface area contributed by atoms with Crippen molar-refractivity contribution in [2.45, 2.75) is 37.8 Å². The molecule has 1 fully saturated rings. The average Bonchev–Trinajstić information content (AvgIpc) is 2.90. The van der Waals surface area contributed by atoms with Crippen molar-refractivity contribution in [3.8, 4) is 0 Å². The maximum absolute atomic E-state index is 5.59. The van der Waals surface area contributed by atoms with E-state index < -0.39 is 0 Å². The summed E-state index contributed by atoms with van der Waals surface area (Å²) in [5, 5.41) is 10.0. The number of nitrogens with one attached hydrogen (secondary N) is 2. The number of hydrogen-bond acceptors (Lipinski definition) is 4. The summed E-state index contributed by atoms with van der Waals surface area (Å²) in [4.78, 5) is 4.16. The fourth-order valence-corrected chi connectivity index (χ4v) is 2.03. The predicted molar refractivity (Wildman–Crippen MR) is 56.4 cm³/mol. The molecule has 2 N–H and O–H groups in total. The number of rotatable bonds is 5. The Morgan fingerprint density at radius 3 is 3.27 bits per heavy atom. The third kappa shape index (κ3) is 2.76. The molecule has 1 aromatic heterocycles. The SMILES string of the molecule is CNC(CCC1CCCO1)c1ncn[nH]1. The zero-order valence-electron chi connectivity index (χ0n) is 9.07. The van der Waals surface area contributed by atoms with Gasteiger partial charge >= 0.3 is 0 Å². The molecule has 0 amide bonds. The first kappa shape index (κ1) is 10.6. The maximum atomic E-state index is 5.59. The lowest BCUT2D eigenvalue weighted by Crippen LogP contribution is -2.20. The molecule has 5 heteroatoms. The van der Waals surface area contributed by atoms with Crippen LogP contribution in [0.4, 0.5) is 0 Å². The molecule has 2 unspecified atom stereocenters. The summed E-state index contributed by atoms with van der Waals surface area (Å²) in [6.07, 6.45) is 6.53. The molecular weight excluding hydrogens is 192 g/mol. The van der Waals surface area contributed by atoms with E-state index >= 15 is 0 Å². The minimum absolute atomic E-state index is 0.261. The number of aromatic nitrogens is 3. The normalized spacial score (nSPS) is 23.1. The van der Waals surface area contributed by atoms with Gasteiger partial charge in [-0.3, -0.25) is 5.10 Å². The van der Waals surface area contributed by atoms with Gasteiger partial charge in [-0.05, 0) is 32.7 Å². The summed E-state index contributed by atoms with van der Waals surface area (Å²) in [7, 11) is 1.95. The molecule has 0 saturated carbocycles. The lowest BCUT2D eigenvalue weighted by atomic mass is 10.1. The van der Waals surface area contributed by atoms with Crippen LogP contribution in [0.5, 0.6) is 0 Å². The molecular formula is C10H18N4O. The van der Waals surface area contributed by atoms with Gasteiger partial charge in [0.1, 0.15) is 12.2 Å². The van der Waals surface area contributed by atoms with E-state index in [4.69, 9.17) is 4.74 Å². The summed E-state index contributed by atoms with van der Waals surface area (Å²) < 4.78 is 5.59. The highest BCUT2D eigenvalue weighted by Crippen LogP contribution is 2.21. The van der Waals surface area contributed by atoms with Crippen LogP contribution in [-0.4, -0.2) is 34.9 Å². The van der Waals surface area contributed by atoms with E-state index in [0.717, 1.165) is 25.3 Å². The van der Waals surface area contributed by atoms with Crippen LogP contribution in [0.3, 0.4) is 0 Å². The molecule has 1 saturated heterocycles. The molecule has 2 atom stereocenters. The van der Waals surface area contributed by atoms with Gasteiger partial charge in [0, 0.05) is 6.61 Å². The quantitative estimate of drug-likeness (QED) is 0.761. The van der Waals surface area contributed by atoms with Crippen molar-refractivity contribution in [3.05, 3.63) is 12.2 Å². The Morgan fingerprint density at radius 1 is 1.73 bits per heavy atom. The number of H-pyrrole nitrogens is 1. The van der Waals surface area contributed by atoms with Crippen LogP contribution in [0.15, 0.2) is 6.33 Å². The Morgan fingerprint density at radius 2 is 2.67 bits per heavy atom. The highest BCUT2D eigenvalue weighted by molar-refractivity contribution is 4.90. The molecule has 1 aliphatic heterocycles. The van der Waals surface area contributed by atoms with Crippen molar-refractivity contribution in [2.75, 3.05) is 13.7 Å². The number of aromatic amines is 1. The topological polar surface area (TPSA) is 62.8 Å². The molecule has 2 rings (SSSR count). The zero-order valence-corrected chi connectivity index (χ0v) is 9.07. The summed E-state index contributed by atoms with van der Waals surface area (Å²) in [6.45, 7) is 0.928. The van der Waals surface area contributed by atoms with E-state index in [-0.39, 0.29) is 6.04 Å². The second kappa shape index (κ2) is 5.23. The highest BCUT2D eigenvalue weighted by atomic mass is 16.5. The van der Waals surface area contributed by atoms with Crippen molar-refractivity contribution in [1.82, 2.24) is 20.5 Å². The Kier molecular flexibility index (Phi) is 3.69. The third-order valence-electron chi connectivity index (χ3n) is 2.91.